The second kappa shape index (κ2) is 6.74. The number of carbonyl (C=O) groups excluding carboxylic acids is 1. The summed E-state index contributed by atoms with van der Waals surface area (Å²) in [4.78, 5) is 35.4. The number of nitrogens with one attached hydrogen (secondary N) is 1. The number of carbonyl (C=O) groups is 2. The van der Waals surface area contributed by atoms with Gasteiger partial charge in [-0.05, 0) is 30.5 Å². The third-order valence-electron chi connectivity index (χ3n) is 3.86. The quantitative estimate of drug-likeness (QED) is 0.715. The minimum absolute atomic E-state index is 0.0308. The van der Waals surface area contributed by atoms with Gasteiger partial charge in [0.2, 0.25) is 5.91 Å². The van der Waals surface area contributed by atoms with Gasteiger partial charge in [0.1, 0.15) is 17.4 Å². The second-order valence-electron chi connectivity index (χ2n) is 5.98. The number of hydrogen-bond donors (Lipinski definition) is 3. The standard InChI is InChI=1S/C17H19NO6/c1-8(2)15(16(21)22)18-14(20)7-12-9(3)11-5-4-10(19)6-13(11)24-17(12)23/h4-6,8,15,19H,7H2,1-3H3,(H,18,20)(H,21,22). The van der Waals surface area contributed by atoms with Gasteiger partial charge in [-0.1, -0.05) is 13.8 Å². The van der Waals surface area contributed by atoms with Crippen LogP contribution >= 0.6 is 0 Å². The molecule has 0 saturated heterocycles. The van der Waals surface area contributed by atoms with E-state index in [0.717, 1.165) is 0 Å². The van der Waals surface area contributed by atoms with Crippen molar-refractivity contribution < 1.29 is 24.2 Å². The number of carboxylic acids is 1. The van der Waals surface area contributed by atoms with Gasteiger partial charge in [-0.15, -0.1) is 0 Å². The molecule has 2 rings (SSSR count). The molecule has 0 aliphatic rings. The number of phenols is 1. The highest BCUT2D eigenvalue weighted by Crippen LogP contribution is 2.23. The van der Waals surface area contributed by atoms with E-state index in [0.29, 0.717) is 10.9 Å². The summed E-state index contributed by atoms with van der Waals surface area (Å²) < 4.78 is 5.14. The molecule has 1 amide bonds. The Bertz CT molecular complexity index is 852. The van der Waals surface area contributed by atoms with E-state index < -0.39 is 23.5 Å². The summed E-state index contributed by atoms with van der Waals surface area (Å²) in [5.74, 6) is -2.01. The molecule has 0 fully saturated rings. The zero-order valence-electron chi connectivity index (χ0n) is 13.6. The first-order valence-corrected chi connectivity index (χ1v) is 7.48. The van der Waals surface area contributed by atoms with Gasteiger partial charge in [0, 0.05) is 11.5 Å². The number of rotatable bonds is 5. The summed E-state index contributed by atoms with van der Waals surface area (Å²) in [6, 6.07) is 3.35. The molecular formula is C17H19NO6. The van der Waals surface area contributed by atoms with Crippen LogP contribution in [0, 0.1) is 12.8 Å². The molecule has 0 aliphatic carbocycles. The Labute approximate surface area is 137 Å². The SMILES string of the molecule is Cc1c(CC(=O)NC(C(=O)O)C(C)C)c(=O)oc2cc(O)ccc12. The van der Waals surface area contributed by atoms with Crippen molar-refractivity contribution in [2.45, 2.75) is 33.2 Å². The lowest BCUT2D eigenvalue weighted by Crippen LogP contribution is -2.45. The van der Waals surface area contributed by atoms with E-state index in [1.54, 1.807) is 26.8 Å². The van der Waals surface area contributed by atoms with Gasteiger partial charge in [0.05, 0.1) is 12.0 Å². The summed E-state index contributed by atoms with van der Waals surface area (Å²) in [6.45, 7) is 5.04. The molecule has 1 aromatic heterocycles. The van der Waals surface area contributed by atoms with Crippen LogP contribution in [0.4, 0.5) is 0 Å². The summed E-state index contributed by atoms with van der Waals surface area (Å²) in [6.07, 6.45) is -0.276. The van der Waals surface area contributed by atoms with Crippen LogP contribution in [-0.4, -0.2) is 28.1 Å². The minimum Gasteiger partial charge on any atom is -0.508 e. The van der Waals surface area contributed by atoms with Crippen LogP contribution in [-0.2, 0) is 16.0 Å². The molecule has 0 radical (unpaired) electrons. The normalized spacial score (nSPS) is 12.3. The van der Waals surface area contributed by atoms with Crippen molar-refractivity contribution in [2.75, 3.05) is 0 Å². The van der Waals surface area contributed by atoms with Crippen LogP contribution in [0.25, 0.3) is 11.0 Å². The van der Waals surface area contributed by atoms with E-state index in [9.17, 15) is 19.5 Å². The van der Waals surface area contributed by atoms with Gasteiger partial charge < -0.3 is 19.9 Å². The summed E-state index contributed by atoms with van der Waals surface area (Å²) >= 11 is 0. The fourth-order valence-electron chi connectivity index (χ4n) is 2.49. The van der Waals surface area contributed by atoms with E-state index in [4.69, 9.17) is 9.52 Å². The van der Waals surface area contributed by atoms with Crippen LogP contribution in [0.2, 0.25) is 0 Å². The first kappa shape index (κ1) is 17.5. The lowest BCUT2D eigenvalue weighted by molar-refractivity contribution is -0.143. The van der Waals surface area contributed by atoms with Gasteiger partial charge in [-0.25, -0.2) is 9.59 Å². The molecule has 128 valence electrons. The van der Waals surface area contributed by atoms with Crippen LogP contribution < -0.4 is 10.9 Å². The van der Waals surface area contributed by atoms with Gasteiger partial charge in [-0.2, -0.15) is 0 Å². The molecule has 2 aromatic rings. The maximum atomic E-state index is 12.1. The number of benzene rings is 1. The number of aromatic hydroxyl groups is 1. The van der Waals surface area contributed by atoms with Crippen LogP contribution in [0.3, 0.4) is 0 Å². The first-order chi connectivity index (χ1) is 11.2. The molecule has 1 unspecified atom stereocenters. The smallest absolute Gasteiger partial charge is 0.340 e. The Balaban J connectivity index is 2.33. The number of carboxylic acid groups (broad SMARTS) is 1. The van der Waals surface area contributed by atoms with Crippen LogP contribution in [0.1, 0.15) is 25.0 Å². The highest BCUT2D eigenvalue weighted by atomic mass is 16.4. The average molecular weight is 333 g/mol. The van der Waals surface area contributed by atoms with Crippen molar-refractivity contribution in [1.29, 1.82) is 0 Å². The van der Waals surface area contributed by atoms with Crippen molar-refractivity contribution >= 4 is 22.8 Å². The number of phenolic OH excluding ortho intramolecular Hbond substituents is 1. The Morgan fingerprint density at radius 2 is 1.96 bits per heavy atom. The Morgan fingerprint density at radius 1 is 1.29 bits per heavy atom. The Hall–Kier alpha value is -2.83. The average Bonchev–Trinajstić information content (AvgIpc) is 2.48. The van der Waals surface area contributed by atoms with E-state index in [-0.39, 0.29) is 29.2 Å². The lowest BCUT2D eigenvalue weighted by atomic mass is 10.0. The number of aryl methyl sites for hydroxylation is 1. The molecule has 1 heterocycles. The molecule has 7 heteroatoms. The Morgan fingerprint density at radius 3 is 2.54 bits per heavy atom. The lowest BCUT2D eigenvalue weighted by Gasteiger charge is -2.18. The highest BCUT2D eigenvalue weighted by Gasteiger charge is 2.24. The van der Waals surface area contributed by atoms with Gasteiger partial charge in [0.15, 0.2) is 0 Å². The van der Waals surface area contributed by atoms with Crippen LogP contribution in [0.15, 0.2) is 27.4 Å². The topological polar surface area (TPSA) is 117 Å². The maximum Gasteiger partial charge on any atom is 0.340 e. The molecule has 24 heavy (non-hydrogen) atoms. The first-order valence-electron chi connectivity index (χ1n) is 7.48. The summed E-state index contributed by atoms with van der Waals surface area (Å²) in [5.41, 5.74) is 0.274. The number of fused-ring (bicyclic) bond motifs is 1. The van der Waals surface area contributed by atoms with Crippen molar-refractivity contribution in [2.24, 2.45) is 5.92 Å². The molecular weight excluding hydrogens is 314 g/mol. The van der Waals surface area contributed by atoms with E-state index >= 15 is 0 Å². The van der Waals surface area contributed by atoms with Crippen molar-refractivity contribution in [3.05, 3.63) is 39.7 Å². The number of hydrogen-bond acceptors (Lipinski definition) is 5. The zero-order chi connectivity index (χ0) is 18.0. The molecule has 0 bridgehead atoms. The van der Waals surface area contributed by atoms with E-state index in [2.05, 4.69) is 5.32 Å². The summed E-state index contributed by atoms with van der Waals surface area (Å²) in [5, 5.41) is 21.6. The predicted octanol–water partition coefficient (Wildman–Crippen LogP) is 1.57. The van der Waals surface area contributed by atoms with E-state index in [1.165, 1.54) is 12.1 Å². The maximum absolute atomic E-state index is 12.1. The molecule has 0 spiro atoms. The van der Waals surface area contributed by atoms with Gasteiger partial charge in [-0.3, -0.25) is 4.79 Å². The van der Waals surface area contributed by atoms with Gasteiger partial charge >= 0.3 is 11.6 Å². The largest absolute Gasteiger partial charge is 0.508 e. The molecule has 3 N–H and O–H groups in total. The summed E-state index contributed by atoms with van der Waals surface area (Å²) in [7, 11) is 0. The molecule has 1 aromatic carbocycles. The third kappa shape index (κ3) is 3.56. The van der Waals surface area contributed by atoms with E-state index in [1.807, 2.05) is 0 Å². The number of amides is 1. The Kier molecular flexibility index (Phi) is 4.92. The zero-order valence-corrected chi connectivity index (χ0v) is 13.6. The molecule has 7 nitrogen and oxygen atoms in total. The fraction of sp³-hybridized carbons (Fsp3) is 0.353. The van der Waals surface area contributed by atoms with Crippen molar-refractivity contribution in [3.63, 3.8) is 0 Å². The highest BCUT2D eigenvalue weighted by molar-refractivity contribution is 5.87. The van der Waals surface area contributed by atoms with Crippen molar-refractivity contribution in [3.8, 4) is 5.75 Å². The van der Waals surface area contributed by atoms with Gasteiger partial charge in [0.25, 0.3) is 0 Å². The second-order valence-corrected chi connectivity index (χ2v) is 5.98. The molecule has 1 atom stereocenters. The van der Waals surface area contributed by atoms with Crippen LogP contribution in [0.5, 0.6) is 5.75 Å². The monoisotopic (exact) mass is 333 g/mol. The van der Waals surface area contributed by atoms with Crippen molar-refractivity contribution in [1.82, 2.24) is 5.32 Å². The molecule has 0 saturated carbocycles. The third-order valence-corrected chi connectivity index (χ3v) is 3.86. The molecule has 0 aliphatic heterocycles. The number of aliphatic carboxylic acids is 1. The predicted molar refractivity (Wildman–Crippen MR) is 87.0 cm³/mol. The minimum atomic E-state index is -1.13. The fourth-order valence-corrected chi connectivity index (χ4v) is 2.49.